The molecule has 1 N–H and O–H groups in total. The molecule has 0 saturated carbocycles. The van der Waals surface area contributed by atoms with Crippen LogP contribution in [0.25, 0.3) is 5.57 Å². The molecule has 0 saturated heterocycles. The second-order valence-electron chi connectivity index (χ2n) is 6.38. The van der Waals surface area contributed by atoms with Crippen LogP contribution in [0.2, 0.25) is 0 Å². The van der Waals surface area contributed by atoms with Gasteiger partial charge in [0.05, 0.1) is 18.8 Å². The second-order valence-corrected chi connectivity index (χ2v) is 6.38. The van der Waals surface area contributed by atoms with E-state index in [0.29, 0.717) is 12.5 Å². The van der Waals surface area contributed by atoms with Crippen molar-refractivity contribution in [1.29, 1.82) is 5.26 Å². The first-order valence-corrected chi connectivity index (χ1v) is 8.76. The van der Waals surface area contributed by atoms with Crippen LogP contribution in [0.3, 0.4) is 0 Å². The summed E-state index contributed by atoms with van der Waals surface area (Å²) in [5.74, 6) is -3.91. The number of carbonyl (C=O) groups is 1. The Bertz CT molecular complexity index is 836. The fourth-order valence-electron chi connectivity index (χ4n) is 2.62. The molecule has 1 amide bonds. The number of hydrogen-bond donors (Lipinski definition) is 1. The van der Waals surface area contributed by atoms with Crippen molar-refractivity contribution in [3.63, 3.8) is 0 Å². The van der Waals surface area contributed by atoms with Gasteiger partial charge in [-0.1, -0.05) is 20.3 Å². The lowest BCUT2D eigenvalue weighted by atomic mass is 9.99. The molecule has 6 nitrogen and oxygen atoms in total. The summed E-state index contributed by atoms with van der Waals surface area (Å²) in [6.45, 7) is 7.94. The lowest BCUT2D eigenvalue weighted by molar-refractivity contribution is -0.115. The van der Waals surface area contributed by atoms with Crippen LogP contribution < -0.4 is 4.90 Å². The third kappa shape index (κ3) is 4.73. The molecule has 1 atom stereocenters. The van der Waals surface area contributed by atoms with E-state index in [9.17, 15) is 18.7 Å². The number of amides is 1. The Morgan fingerprint density at radius 3 is 2.50 bits per heavy atom. The first-order valence-electron chi connectivity index (χ1n) is 8.76. The maximum absolute atomic E-state index is 14.1. The van der Waals surface area contributed by atoms with Crippen molar-refractivity contribution in [2.24, 2.45) is 0 Å². The molecule has 28 heavy (non-hydrogen) atoms. The largest absolute Gasteiger partial charge is 0.496 e. The molecule has 1 aliphatic rings. The van der Waals surface area contributed by atoms with Crippen LogP contribution in [0.15, 0.2) is 29.7 Å². The average molecular weight is 393 g/mol. The molecule has 2 heterocycles. The number of aliphatic hydroxyl groups excluding tert-OH is 1. The number of aromatic nitrogens is 1. The van der Waals surface area contributed by atoms with Gasteiger partial charge >= 0.3 is 0 Å². The standard InChI is InChI=1S/C17H17F2N3O3.C3H8/c1-9(5-6-20)11-8-21-13(7-12(11)17(3,18)19)22-15(23)10(2)14(25-4)16(22)24;1-3-2/h5,7-8,16,24H,1-4H3;3H2,1-2H3/b9-5+;. The number of pyridine rings is 1. The number of ether oxygens (including phenoxy) is 1. The SMILES string of the molecule is CCC.COC1=C(C)C(=O)N(c2cc(C(C)(F)F)c(/C(C)=C/C#N)cn2)C1O. The average Bonchev–Trinajstić information content (AvgIpc) is 2.83. The Morgan fingerprint density at radius 2 is 2.07 bits per heavy atom. The number of halogens is 2. The van der Waals surface area contributed by atoms with Gasteiger partial charge in [0.25, 0.3) is 11.8 Å². The van der Waals surface area contributed by atoms with Crippen LogP contribution in [-0.4, -0.2) is 29.3 Å². The zero-order chi connectivity index (χ0) is 21.6. The van der Waals surface area contributed by atoms with Crippen LogP contribution >= 0.6 is 0 Å². The smallest absolute Gasteiger partial charge is 0.271 e. The number of aliphatic hydroxyl groups is 1. The lowest BCUT2D eigenvalue weighted by Crippen LogP contribution is -2.36. The zero-order valence-electron chi connectivity index (χ0n) is 16.9. The van der Waals surface area contributed by atoms with Gasteiger partial charge < -0.3 is 9.84 Å². The van der Waals surface area contributed by atoms with E-state index in [-0.39, 0.29) is 22.7 Å². The number of nitrogens with zero attached hydrogens (tertiary/aromatic N) is 3. The molecule has 0 bridgehead atoms. The molecule has 1 aliphatic heterocycles. The topological polar surface area (TPSA) is 86.5 Å². The normalized spacial score (nSPS) is 17.3. The Morgan fingerprint density at radius 1 is 1.50 bits per heavy atom. The van der Waals surface area contributed by atoms with E-state index >= 15 is 0 Å². The summed E-state index contributed by atoms with van der Waals surface area (Å²) in [5.41, 5.74) is 0.185. The minimum atomic E-state index is -3.24. The van der Waals surface area contributed by atoms with E-state index in [1.807, 2.05) is 0 Å². The highest BCUT2D eigenvalue weighted by atomic mass is 19.3. The van der Waals surface area contributed by atoms with Gasteiger partial charge in [-0.15, -0.1) is 0 Å². The van der Waals surface area contributed by atoms with Crippen LogP contribution in [0.4, 0.5) is 14.6 Å². The predicted molar refractivity (Wildman–Crippen MR) is 102 cm³/mol. The number of nitriles is 1. The highest BCUT2D eigenvalue weighted by molar-refractivity contribution is 6.08. The van der Waals surface area contributed by atoms with E-state index in [1.165, 1.54) is 27.4 Å². The van der Waals surface area contributed by atoms with Gasteiger partial charge in [-0.05, 0) is 25.5 Å². The minimum absolute atomic E-state index is 0.0428. The molecule has 152 valence electrons. The molecule has 8 heteroatoms. The van der Waals surface area contributed by atoms with Crippen molar-refractivity contribution in [2.75, 3.05) is 12.0 Å². The number of methoxy groups -OCH3 is 1. The van der Waals surface area contributed by atoms with E-state index in [2.05, 4.69) is 18.8 Å². The summed E-state index contributed by atoms with van der Waals surface area (Å²) in [6.07, 6.45) is 2.10. The van der Waals surface area contributed by atoms with Crippen molar-refractivity contribution in [2.45, 2.75) is 53.2 Å². The third-order valence-electron chi connectivity index (χ3n) is 3.92. The predicted octanol–water partition coefficient (Wildman–Crippen LogP) is 4.12. The molecular weight excluding hydrogens is 368 g/mol. The van der Waals surface area contributed by atoms with Gasteiger partial charge in [0, 0.05) is 30.3 Å². The van der Waals surface area contributed by atoms with E-state index in [4.69, 9.17) is 10.00 Å². The number of rotatable bonds is 4. The molecule has 1 aromatic rings. The summed E-state index contributed by atoms with van der Waals surface area (Å²) >= 11 is 0. The Kier molecular flexibility index (Phi) is 7.82. The van der Waals surface area contributed by atoms with Crippen molar-refractivity contribution >= 4 is 17.3 Å². The molecule has 0 fully saturated rings. The summed E-state index contributed by atoms with van der Waals surface area (Å²) in [7, 11) is 1.30. The number of allylic oxidation sites excluding steroid dienone is 2. The van der Waals surface area contributed by atoms with Crippen LogP contribution in [0.5, 0.6) is 0 Å². The van der Waals surface area contributed by atoms with E-state index in [0.717, 1.165) is 23.2 Å². The van der Waals surface area contributed by atoms with Gasteiger partial charge in [-0.25, -0.2) is 13.8 Å². The quantitative estimate of drug-likeness (QED) is 0.778. The van der Waals surface area contributed by atoms with Gasteiger partial charge in [0.1, 0.15) is 5.82 Å². The van der Waals surface area contributed by atoms with Crippen molar-refractivity contribution < 1.29 is 23.4 Å². The van der Waals surface area contributed by atoms with Crippen molar-refractivity contribution in [3.05, 3.63) is 40.8 Å². The number of anilines is 1. The fourth-order valence-corrected chi connectivity index (χ4v) is 2.62. The zero-order valence-corrected chi connectivity index (χ0v) is 16.9. The number of carbonyl (C=O) groups excluding carboxylic acids is 1. The fraction of sp³-hybridized carbons (Fsp3) is 0.450. The van der Waals surface area contributed by atoms with Crippen molar-refractivity contribution in [1.82, 2.24) is 4.98 Å². The Labute approximate surface area is 163 Å². The maximum Gasteiger partial charge on any atom is 0.271 e. The summed E-state index contributed by atoms with van der Waals surface area (Å²) in [4.78, 5) is 17.2. The minimum Gasteiger partial charge on any atom is -0.496 e. The van der Waals surface area contributed by atoms with Gasteiger partial charge in [0.2, 0.25) is 0 Å². The van der Waals surface area contributed by atoms with Crippen LogP contribution in [-0.2, 0) is 15.5 Å². The first kappa shape index (κ1) is 23.2. The third-order valence-corrected chi connectivity index (χ3v) is 3.92. The molecule has 1 aromatic heterocycles. The second kappa shape index (κ2) is 9.42. The van der Waals surface area contributed by atoms with Crippen LogP contribution in [0, 0.1) is 11.3 Å². The maximum atomic E-state index is 14.1. The molecule has 2 rings (SSSR count). The Balaban J connectivity index is 0.00000122. The summed E-state index contributed by atoms with van der Waals surface area (Å²) < 4.78 is 33.1. The highest BCUT2D eigenvalue weighted by Crippen LogP contribution is 2.37. The summed E-state index contributed by atoms with van der Waals surface area (Å²) in [6, 6.07) is 2.82. The molecule has 0 spiro atoms. The molecule has 0 aliphatic carbocycles. The van der Waals surface area contributed by atoms with Gasteiger partial charge in [0.15, 0.2) is 12.0 Å². The number of alkyl halides is 2. The first-order chi connectivity index (χ1) is 13.0. The van der Waals surface area contributed by atoms with E-state index in [1.54, 1.807) is 6.07 Å². The molecular formula is C20H25F2N3O3. The van der Waals surface area contributed by atoms with Gasteiger partial charge in [-0.2, -0.15) is 5.26 Å². The lowest BCUT2D eigenvalue weighted by Gasteiger charge is -2.23. The Hall–Kier alpha value is -2.79. The highest BCUT2D eigenvalue weighted by Gasteiger charge is 2.40. The monoisotopic (exact) mass is 393 g/mol. The summed E-state index contributed by atoms with van der Waals surface area (Å²) in [5, 5.41) is 19.0. The molecule has 0 radical (unpaired) electrons. The van der Waals surface area contributed by atoms with Gasteiger partial charge in [-0.3, -0.25) is 9.69 Å². The van der Waals surface area contributed by atoms with Crippen LogP contribution in [0.1, 0.15) is 52.2 Å². The molecule has 0 aromatic carbocycles. The van der Waals surface area contributed by atoms with E-state index < -0.39 is 23.6 Å². The van der Waals surface area contributed by atoms with Crippen molar-refractivity contribution in [3.8, 4) is 6.07 Å². The number of hydrogen-bond acceptors (Lipinski definition) is 5. The molecule has 1 unspecified atom stereocenters.